The molecule has 1 saturated carbocycles. The van der Waals surface area contributed by atoms with Crippen molar-refractivity contribution in [2.75, 3.05) is 5.75 Å². The van der Waals surface area contributed by atoms with Gasteiger partial charge < -0.3 is 9.84 Å². The molecule has 2 unspecified atom stereocenters. The smallest absolute Gasteiger partial charge is 0.124 e. The second-order valence-corrected chi connectivity index (χ2v) is 5.77. The van der Waals surface area contributed by atoms with E-state index in [9.17, 15) is 0 Å². The molecule has 0 radical (unpaired) electrons. The molecule has 4 heteroatoms. The molecular weight excluding hydrogens is 220 g/mol. The molecule has 1 N–H and O–H groups in total. The first kappa shape index (κ1) is 12.0. The summed E-state index contributed by atoms with van der Waals surface area (Å²) in [6.45, 7) is 3.08. The predicted octanol–water partition coefficient (Wildman–Crippen LogP) is 2.83. The Morgan fingerprint density at radius 1 is 1.50 bits per heavy atom. The van der Waals surface area contributed by atoms with Crippen molar-refractivity contribution in [3.8, 4) is 0 Å². The minimum atomic E-state index is 0.649. The van der Waals surface area contributed by atoms with Crippen LogP contribution in [0.3, 0.4) is 0 Å². The molecule has 16 heavy (non-hydrogen) atoms. The molecular formula is C12H20N2OS. The Labute approximate surface area is 101 Å². The summed E-state index contributed by atoms with van der Waals surface area (Å²) < 4.78 is 4.83. The van der Waals surface area contributed by atoms with Crippen molar-refractivity contribution in [2.45, 2.75) is 50.4 Å². The van der Waals surface area contributed by atoms with E-state index in [1.807, 2.05) is 6.07 Å². The molecule has 3 nitrogen and oxygen atoms in total. The first-order valence-corrected chi connectivity index (χ1v) is 7.19. The number of rotatable bonds is 5. The number of nitrogens with zero attached hydrogens (tertiary/aromatic N) is 1. The summed E-state index contributed by atoms with van der Waals surface area (Å²) in [4.78, 5) is 0. The fourth-order valence-corrected chi connectivity index (χ4v) is 3.53. The molecule has 1 aliphatic rings. The van der Waals surface area contributed by atoms with Crippen LogP contribution in [0.5, 0.6) is 0 Å². The van der Waals surface area contributed by atoms with E-state index < -0.39 is 0 Å². The maximum atomic E-state index is 4.83. The monoisotopic (exact) mass is 240 g/mol. The van der Waals surface area contributed by atoms with Gasteiger partial charge in [0.1, 0.15) is 6.26 Å². The fourth-order valence-electron chi connectivity index (χ4n) is 2.31. The summed E-state index contributed by atoms with van der Waals surface area (Å²) in [5, 5.41) is 8.33. The van der Waals surface area contributed by atoms with Crippen LogP contribution in [0.25, 0.3) is 0 Å². The van der Waals surface area contributed by atoms with Crippen LogP contribution >= 0.6 is 11.8 Å². The molecule has 1 aromatic heterocycles. The summed E-state index contributed by atoms with van der Waals surface area (Å²) in [6.07, 6.45) is 7.04. The summed E-state index contributed by atoms with van der Waals surface area (Å²) in [5.74, 6) is 1.22. The number of hydrogen-bond acceptors (Lipinski definition) is 4. The van der Waals surface area contributed by atoms with Gasteiger partial charge in [-0.25, -0.2) is 0 Å². The molecule has 1 heterocycles. The zero-order chi connectivity index (χ0) is 11.2. The van der Waals surface area contributed by atoms with E-state index in [1.54, 1.807) is 6.26 Å². The average Bonchev–Trinajstić information content (AvgIpc) is 2.81. The summed E-state index contributed by atoms with van der Waals surface area (Å²) in [5.41, 5.74) is 1.01. The first-order valence-electron chi connectivity index (χ1n) is 6.14. The lowest BCUT2D eigenvalue weighted by atomic mass is 9.95. The highest BCUT2D eigenvalue weighted by Crippen LogP contribution is 2.28. The van der Waals surface area contributed by atoms with Gasteiger partial charge in [0.05, 0.1) is 5.69 Å². The van der Waals surface area contributed by atoms with Crippen molar-refractivity contribution in [1.29, 1.82) is 0 Å². The van der Waals surface area contributed by atoms with Crippen molar-refractivity contribution < 1.29 is 4.52 Å². The molecule has 0 aromatic carbocycles. The molecule has 0 spiro atoms. The molecule has 1 fully saturated rings. The average molecular weight is 240 g/mol. The highest BCUT2D eigenvalue weighted by atomic mass is 32.2. The summed E-state index contributed by atoms with van der Waals surface area (Å²) >= 11 is 2.09. The molecule has 2 rings (SSSR count). The Kier molecular flexibility index (Phi) is 4.72. The van der Waals surface area contributed by atoms with E-state index in [-0.39, 0.29) is 0 Å². The van der Waals surface area contributed by atoms with Gasteiger partial charge in [0.2, 0.25) is 0 Å². The number of hydrogen-bond donors (Lipinski definition) is 1. The van der Waals surface area contributed by atoms with Crippen LogP contribution in [-0.4, -0.2) is 22.2 Å². The quantitative estimate of drug-likeness (QED) is 0.859. The Balaban J connectivity index is 1.81. The van der Waals surface area contributed by atoms with Crippen LogP contribution in [0.1, 0.15) is 38.3 Å². The van der Waals surface area contributed by atoms with Crippen molar-refractivity contribution in [2.24, 2.45) is 0 Å². The maximum Gasteiger partial charge on any atom is 0.124 e. The van der Waals surface area contributed by atoms with Crippen molar-refractivity contribution in [3.05, 3.63) is 18.0 Å². The van der Waals surface area contributed by atoms with Gasteiger partial charge in [-0.05, 0) is 18.6 Å². The zero-order valence-electron chi connectivity index (χ0n) is 9.82. The van der Waals surface area contributed by atoms with Crippen LogP contribution in [-0.2, 0) is 6.54 Å². The predicted molar refractivity (Wildman–Crippen MR) is 67.5 cm³/mol. The second kappa shape index (κ2) is 6.30. The van der Waals surface area contributed by atoms with E-state index in [4.69, 9.17) is 4.52 Å². The van der Waals surface area contributed by atoms with Crippen molar-refractivity contribution in [1.82, 2.24) is 10.5 Å². The zero-order valence-corrected chi connectivity index (χ0v) is 10.6. The number of thioether (sulfide) groups is 1. The molecule has 1 aliphatic carbocycles. The van der Waals surface area contributed by atoms with Crippen molar-refractivity contribution in [3.63, 3.8) is 0 Å². The Bertz CT molecular complexity index is 287. The Morgan fingerprint density at radius 3 is 3.12 bits per heavy atom. The first-order chi connectivity index (χ1) is 7.90. The Hall–Kier alpha value is -0.480. The topological polar surface area (TPSA) is 38.1 Å². The molecule has 2 atom stereocenters. The van der Waals surface area contributed by atoms with E-state index in [0.717, 1.165) is 17.5 Å². The highest BCUT2D eigenvalue weighted by molar-refractivity contribution is 7.99. The van der Waals surface area contributed by atoms with Gasteiger partial charge in [0.25, 0.3) is 0 Å². The van der Waals surface area contributed by atoms with Gasteiger partial charge in [0, 0.05) is 23.9 Å². The molecule has 1 aromatic rings. The number of nitrogens with one attached hydrogen (secondary N) is 1. The van der Waals surface area contributed by atoms with E-state index in [1.165, 1.54) is 31.4 Å². The summed E-state index contributed by atoms with van der Waals surface area (Å²) in [7, 11) is 0. The minimum Gasteiger partial charge on any atom is -0.364 e. The van der Waals surface area contributed by atoms with Crippen molar-refractivity contribution >= 4 is 11.8 Å². The Morgan fingerprint density at radius 2 is 2.38 bits per heavy atom. The van der Waals surface area contributed by atoms with Crippen LogP contribution in [0.2, 0.25) is 0 Å². The lowest BCUT2D eigenvalue weighted by molar-refractivity contribution is 0.369. The van der Waals surface area contributed by atoms with Gasteiger partial charge in [0.15, 0.2) is 0 Å². The molecule has 0 aliphatic heterocycles. The minimum absolute atomic E-state index is 0.649. The van der Waals surface area contributed by atoms with E-state index >= 15 is 0 Å². The van der Waals surface area contributed by atoms with Crippen LogP contribution in [0.15, 0.2) is 16.9 Å². The highest BCUT2D eigenvalue weighted by Gasteiger charge is 2.24. The maximum absolute atomic E-state index is 4.83. The third kappa shape index (κ3) is 3.25. The molecule has 0 amide bonds. The largest absolute Gasteiger partial charge is 0.364 e. The van der Waals surface area contributed by atoms with Gasteiger partial charge >= 0.3 is 0 Å². The van der Waals surface area contributed by atoms with Gasteiger partial charge in [-0.15, -0.1) is 0 Å². The van der Waals surface area contributed by atoms with E-state index in [2.05, 4.69) is 29.2 Å². The molecule has 90 valence electrons. The number of aromatic nitrogens is 1. The van der Waals surface area contributed by atoms with E-state index in [0.29, 0.717) is 6.04 Å². The normalized spacial score (nSPS) is 25.8. The third-order valence-electron chi connectivity index (χ3n) is 3.12. The van der Waals surface area contributed by atoms with Crippen LogP contribution in [0, 0.1) is 0 Å². The SMILES string of the molecule is CCSC1CCCCC1NCc1ccon1. The lowest BCUT2D eigenvalue weighted by Gasteiger charge is -2.31. The van der Waals surface area contributed by atoms with Gasteiger partial charge in [-0.2, -0.15) is 11.8 Å². The van der Waals surface area contributed by atoms with Crippen LogP contribution in [0.4, 0.5) is 0 Å². The summed E-state index contributed by atoms with van der Waals surface area (Å²) in [6, 6.07) is 2.58. The molecule has 0 bridgehead atoms. The standard InChI is InChI=1S/C12H20N2OS/c1-2-16-12-6-4-3-5-11(12)13-9-10-7-8-15-14-10/h7-8,11-13H,2-6,9H2,1H3. The lowest BCUT2D eigenvalue weighted by Crippen LogP contribution is -2.40. The van der Waals surface area contributed by atoms with Crippen LogP contribution < -0.4 is 5.32 Å². The third-order valence-corrected chi connectivity index (χ3v) is 4.45. The van der Waals surface area contributed by atoms with Gasteiger partial charge in [-0.1, -0.05) is 24.9 Å². The van der Waals surface area contributed by atoms with Gasteiger partial charge in [-0.3, -0.25) is 0 Å². The fraction of sp³-hybridized carbons (Fsp3) is 0.750. The molecule has 0 saturated heterocycles. The second-order valence-electron chi connectivity index (χ2n) is 4.26.